The smallest absolute Gasteiger partial charge is 0.159 e. The van der Waals surface area contributed by atoms with Crippen LogP contribution < -0.4 is 0 Å². The molecule has 5 heteroatoms. The topological polar surface area (TPSA) is 30.7 Å². The Hall–Kier alpha value is -1.78. The quantitative estimate of drug-likeness (QED) is 0.832. The van der Waals surface area contributed by atoms with Crippen LogP contribution in [0, 0.1) is 18.6 Å². The number of aryl methyl sites for hydroxylation is 4. The first kappa shape index (κ1) is 13.6. The fourth-order valence-electron chi connectivity index (χ4n) is 2.03. The first-order chi connectivity index (χ1) is 9.10. The molecule has 2 aromatic rings. The second-order valence-corrected chi connectivity index (χ2v) is 4.55. The van der Waals surface area contributed by atoms with E-state index in [2.05, 4.69) is 17.0 Å². The number of halogens is 2. The van der Waals surface area contributed by atoms with Crippen molar-refractivity contribution in [1.82, 2.24) is 14.8 Å². The molecule has 0 N–H and O–H groups in total. The Morgan fingerprint density at radius 1 is 1.16 bits per heavy atom. The van der Waals surface area contributed by atoms with Gasteiger partial charge in [0.1, 0.15) is 11.6 Å². The van der Waals surface area contributed by atoms with Gasteiger partial charge in [-0.15, -0.1) is 0 Å². The number of rotatable bonds is 5. The van der Waals surface area contributed by atoms with Crippen molar-refractivity contribution in [2.45, 2.75) is 39.7 Å². The summed E-state index contributed by atoms with van der Waals surface area (Å²) in [6.45, 7) is 4.76. The Morgan fingerprint density at radius 3 is 2.63 bits per heavy atom. The molecule has 0 unspecified atom stereocenters. The van der Waals surface area contributed by atoms with E-state index in [1.807, 2.05) is 11.6 Å². The molecule has 0 spiro atoms. The molecule has 0 bridgehead atoms. The molecule has 102 valence electrons. The fraction of sp³-hybridized carbons (Fsp3) is 0.429. The Kier molecular flexibility index (Phi) is 4.24. The zero-order valence-electron chi connectivity index (χ0n) is 11.2. The van der Waals surface area contributed by atoms with Gasteiger partial charge >= 0.3 is 0 Å². The van der Waals surface area contributed by atoms with Gasteiger partial charge in [0.15, 0.2) is 11.6 Å². The average molecular weight is 265 g/mol. The van der Waals surface area contributed by atoms with Crippen LogP contribution in [0.15, 0.2) is 18.2 Å². The first-order valence-electron chi connectivity index (χ1n) is 6.44. The zero-order valence-corrected chi connectivity index (χ0v) is 11.2. The van der Waals surface area contributed by atoms with Crippen LogP contribution in [0.5, 0.6) is 0 Å². The molecule has 0 amide bonds. The third kappa shape index (κ3) is 3.36. The molecular weight excluding hydrogens is 248 g/mol. The summed E-state index contributed by atoms with van der Waals surface area (Å²) >= 11 is 0. The molecule has 0 aliphatic heterocycles. The lowest BCUT2D eigenvalue weighted by atomic mass is 10.1. The summed E-state index contributed by atoms with van der Waals surface area (Å²) in [6, 6.07) is 4.00. The van der Waals surface area contributed by atoms with Crippen molar-refractivity contribution >= 4 is 0 Å². The van der Waals surface area contributed by atoms with Gasteiger partial charge in [0.05, 0.1) is 0 Å². The van der Waals surface area contributed by atoms with Crippen LogP contribution in [0.1, 0.15) is 30.6 Å². The second kappa shape index (κ2) is 5.91. The predicted molar refractivity (Wildman–Crippen MR) is 68.8 cm³/mol. The van der Waals surface area contributed by atoms with Gasteiger partial charge in [-0.05, 0) is 37.5 Å². The lowest BCUT2D eigenvalue weighted by Gasteiger charge is -2.05. The van der Waals surface area contributed by atoms with Gasteiger partial charge in [-0.2, -0.15) is 5.10 Å². The number of hydrogen-bond donors (Lipinski definition) is 0. The minimum absolute atomic E-state index is 0.624. The molecule has 1 heterocycles. The largest absolute Gasteiger partial charge is 0.250 e. The third-order valence-corrected chi connectivity index (χ3v) is 2.91. The Bertz CT molecular complexity index is 564. The number of nitrogens with zero attached hydrogens (tertiary/aromatic N) is 3. The first-order valence-corrected chi connectivity index (χ1v) is 6.44. The van der Waals surface area contributed by atoms with E-state index in [4.69, 9.17) is 0 Å². The molecule has 0 aliphatic carbocycles. The van der Waals surface area contributed by atoms with Crippen LogP contribution in [0.2, 0.25) is 0 Å². The highest BCUT2D eigenvalue weighted by Crippen LogP contribution is 2.11. The average Bonchev–Trinajstić information content (AvgIpc) is 2.72. The molecule has 0 aliphatic rings. The lowest BCUT2D eigenvalue weighted by molar-refractivity contribution is 0.506. The Labute approximate surface area is 111 Å². The summed E-state index contributed by atoms with van der Waals surface area (Å²) in [4.78, 5) is 4.37. The zero-order chi connectivity index (χ0) is 13.8. The highest BCUT2D eigenvalue weighted by Gasteiger charge is 2.08. The number of benzene rings is 1. The highest BCUT2D eigenvalue weighted by atomic mass is 19.2. The van der Waals surface area contributed by atoms with Crippen LogP contribution in [0.3, 0.4) is 0 Å². The minimum Gasteiger partial charge on any atom is -0.250 e. The van der Waals surface area contributed by atoms with Crippen molar-refractivity contribution in [3.8, 4) is 0 Å². The van der Waals surface area contributed by atoms with Gasteiger partial charge < -0.3 is 0 Å². The monoisotopic (exact) mass is 265 g/mol. The summed E-state index contributed by atoms with van der Waals surface area (Å²) in [5, 5.41) is 4.32. The van der Waals surface area contributed by atoms with Crippen molar-refractivity contribution in [3.05, 3.63) is 47.0 Å². The summed E-state index contributed by atoms with van der Waals surface area (Å²) in [6.07, 6.45) is 2.28. The third-order valence-electron chi connectivity index (χ3n) is 2.91. The molecule has 1 aromatic carbocycles. The van der Waals surface area contributed by atoms with Gasteiger partial charge in [0.2, 0.25) is 0 Å². The van der Waals surface area contributed by atoms with E-state index in [-0.39, 0.29) is 0 Å². The van der Waals surface area contributed by atoms with E-state index in [1.165, 1.54) is 6.07 Å². The van der Waals surface area contributed by atoms with Gasteiger partial charge in [0.25, 0.3) is 0 Å². The fourth-order valence-corrected chi connectivity index (χ4v) is 2.03. The Morgan fingerprint density at radius 2 is 1.95 bits per heavy atom. The number of aromatic nitrogens is 3. The maximum absolute atomic E-state index is 13.1. The molecule has 0 saturated carbocycles. The van der Waals surface area contributed by atoms with Gasteiger partial charge in [-0.3, -0.25) is 0 Å². The van der Waals surface area contributed by atoms with E-state index >= 15 is 0 Å². The van der Waals surface area contributed by atoms with Crippen LogP contribution in [0.25, 0.3) is 0 Å². The molecule has 0 fully saturated rings. The Balaban J connectivity index is 2.07. The van der Waals surface area contributed by atoms with Crippen molar-refractivity contribution in [1.29, 1.82) is 0 Å². The maximum Gasteiger partial charge on any atom is 0.159 e. The summed E-state index contributed by atoms with van der Waals surface area (Å²) in [7, 11) is 0. The number of hydrogen-bond acceptors (Lipinski definition) is 2. The van der Waals surface area contributed by atoms with Crippen LogP contribution in [0.4, 0.5) is 8.78 Å². The molecule has 0 atom stereocenters. The van der Waals surface area contributed by atoms with E-state index in [0.717, 1.165) is 36.2 Å². The molecule has 1 aromatic heterocycles. The molecule has 0 radical (unpaired) electrons. The van der Waals surface area contributed by atoms with E-state index in [9.17, 15) is 8.78 Å². The summed E-state index contributed by atoms with van der Waals surface area (Å²) in [5.74, 6) is 0.0234. The highest BCUT2D eigenvalue weighted by molar-refractivity contribution is 5.18. The minimum atomic E-state index is -0.811. The second-order valence-electron chi connectivity index (χ2n) is 4.55. The van der Waals surface area contributed by atoms with Crippen molar-refractivity contribution in [2.24, 2.45) is 0 Å². The van der Waals surface area contributed by atoms with Gasteiger partial charge in [-0.1, -0.05) is 13.0 Å². The van der Waals surface area contributed by atoms with Crippen molar-refractivity contribution < 1.29 is 8.78 Å². The van der Waals surface area contributed by atoms with Crippen molar-refractivity contribution in [2.75, 3.05) is 0 Å². The molecule has 0 saturated heterocycles. The van der Waals surface area contributed by atoms with E-state index in [1.54, 1.807) is 6.07 Å². The van der Waals surface area contributed by atoms with E-state index in [0.29, 0.717) is 12.8 Å². The lowest BCUT2D eigenvalue weighted by Crippen LogP contribution is -2.06. The molecule has 2 rings (SSSR count). The van der Waals surface area contributed by atoms with Crippen LogP contribution in [-0.2, 0) is 19.4 Å². The van der Waals surface area contributed by atoms with Crippen molar-refractivity contribution in [3.63, 3.8) is 0 Å². The predicted octanol–water partition coefficient (Wildman–Crippen LogP) is 3.06. The summed E-state index contributed by atoms with van der Waals surface area (Å²) in [5.41, 5.74) is 0.766. The van der Waals surface area contributed by atoms with Crippen LogP contribution in [-0.4, -0.2) is 14.8 Å². The van der Waals surface area contributed by atoms with Gasteiger partial charge in [0, 0.05) is 13.0 Å². The summed E-state index contributed by atoms with van der Waals surface area (Å²) < 4.78 is 27.8. The standard InChI is InChI=1S/C14H17F2N3/c1-3-8-19-14(17-10(2)18-19)7-5-11-4-6-12(15)13(16)9-11/h4,6,9H,3,5,7-8H2,1-2H3. The van der Waals surface area contributed by atoms with E-state index < -0.39 is 11.6 Å². The SMILES string of the molecule is CCCn1nc(C)nc1CCc1ccc(F)c(F)c1. The molecule has 3 nitrogen and oxygen atoms in total. The van der Waals surface area contributed by atoms with Crippen LogP contribution >= 0.6 is 0 Å². The molecule has 19 heavy (non-hydrogen) atoms. The molecular formula is C14H17F2N3. The normalized spacial score (nSPS) is 10.9. The maximum atomic E-state index is 13.1. The van der Waals surface area contributed by atoms with Gasteiger partial charge in [-0.25, -0.2) is 18.4 Å².